The predicted octanol–water partition coefficient (Wildman–Crippen LogP) is 2.61. The molecule has 2 aromatic rings. The highest BCUT2D eigenvalue weighted by molar-refractivity contribution is 9.10. The average Bonchev–Trinajstić information content (AvgIpc) is 2.91. The third-order valence-electron chi connectivity index (χ3n) is 3.04. The molecule has 98 valence electrons. The molecule has 5 nitrogen and oxygen atoms in total. The maximum atomic E-state index is 11.8. The number of hydrogen-bond acceptors (Lipinski definition) is 3. The molecule has 7 heteroatoms. The maximum absolute atomic E-state index is 11.8. The standard InChI is InChI=1S/C12H10Br2N4O/c1-15-11-7-2-8(14)10(3-9(7)17-12(11)19)18-5-6(13)4-16-18/h2-5,11,15H,1H3,(H,17,19). The molecule has 0 radical (unpaired) electrons. The zero-order valence-corrected chi connectivity index (χ0v) is 13.1. The minimum atomic E-state index is -0.301. The van der Waals surface area contributed by atoms with Crippen LogP contribution in [-0.4, -0.2) is 22.7 Å². The summed E-state index contributed by atoms with van der Waals surface area (Å²) in [6, 6.07) is 3.55. The van der Waals surface area contributed by atoms with E-state index in [9.17, 15) is 4.79 Å². The van der Waals surface area contributed by atoms with Crippen LogP contribution in [0.1, 0.15) is 11.6 Å². The van der Waals surface area contributed by atoms with Gasteiger partial charge in [-0.1, -0.05) is 0 Å². The van der Waals surface area contributed by atoms with E-state index in [1.807, 2.05) is 18.3 Å². The van der Waals surface area contributed by atoms with Gasteiger partial charge in [0.2, 0.25) is 5.91 Å². The van der Waals surface area contributed by atoms with Gasteiger partial charge in [0.1, 0.15) is 6.04 Å². The number of carbonyl (C=O) groups is 1. The van der Waals surface area contributed by atoms with E-state index in [0.29, 0.717) is 0 Å². The van der Waals surface area contributed by atoms with E-state index >= 15 is 0 Å². The second-order valence-corrected chi connectivity index (χ2v) is 5.97. The minimum absolute atomic E-state index is 0.0387. The molecule has 3 rings (SSSR count). The summed E-state index contributed by atoms with van der Waals surface area (Å²) in [7, 11) is 1.77. The van der Waals surface area contributed by atoms with Crippen molar-refractivity contribution < 1.29 is 4.79 Å². The molecule has 0 saturated carbocycles. The first-order valence-electron chi connectivity index (χ1n) is 5.62. The lowest BCUT2D eigenvalue weighted by Crippen LogP contribution is -2.23. The molecular formula is C12H10Br2N4O. The fourth-order valence-electron chi connectivity index (χ4n) is 2.17. The van der Waals surface area contributed by atoms with Crippen molar-refractivity contribution in [1.82, 2.24) is 15.1 Å². The molecule has 1 atom stereocenters. The van der Waals surface area contributed by atoms with E-state index < -0.39 is 0 Å². The van der Waals surface area contributed by atoms with Gasteiger partial charge in [0.15, 0.2) is 0 Å². The van der Waals surface area contributed by atoms with Gasteiger partial charge in [-0.2, -0.15) is 5.10 Å². The van der Waals surface area contributed by atoms with Crippen LogP contribution in [0.3, 0.4) is 0 Å². The first-order chi connectivity index (χ1) is 9.10. The molecule has 2 heterocycles. The number of halogens is 2. The van der Waals surface area contributed by atoms with Gasteiger partial charge < -0.3 is 10.6 Å². The SMILES string of the molecule is CNC1C(=O)Nc2cc(-n3cc(Br)cn3)c(Br)cc21. The molecule has 19 heavy (non-hydrogen) atoms. The Balaban J connectivity index is 2.12. The molecular weight excluding hydrogens is 376 g/mol. The number of amides is 1. The quantitative estimate of drug-likeness (QED) is 0.835. The molecule has 1 aliphatic heterocycles. The van der Waals surface area contributed by atoms with Crippen molar-refractivity contribution in [3.63, 3.8) is 0 Å². The van der Waals surface area contributed by atoms with Crippen molar-refractivity contribution in [2.24, 2.45) is 0 Å². The normalized spacial score (nSPS) is 17.4. The number of aromatic nitrogens is 2. The number of fused-ring (bicyclic) bond motifs is 1. The molecule has 0 saturated heterocycles. The number of hydrogen-bond donors (Lipinski definition) is 2. The largest absolute Gasteiger partial charge is 0.324 e. The van der Waals surface area contributed by atoms with Gasteiger partial charge in [-0.3, -0.25) is 4.79 Å². The Labute approximate surface area is 126 Å². The highest BCUT2D eigenvalue weighted by Gasteiger charge is 2.30. The Kier molecular flexibility index (Phi) is 3.20. The van der Waals surface area contributed by atoms with E-state index in [1.165, 1.54) is 0 Å². The molecule has 1 aliphatic rings. The second kappa shape index (κ2) is 4.73. The van der Waals surface area contributed by atoms with Crippen LogP contribution in [-0.2, 0) is 4.79 Å². The lowest BCUT2D eigenvalue weighted by atomic mass is 10.1. The topological polar surface area (TPSA) is 59.0 Å². The van der Waals surface area contributed by atoms with Gasteiger partial charge in [-0.25, -0.2) is 4.68 Å². The third-order valence-corrected chi connectivity index (χ3v) is 4.08. The van der Waals surface area contributed by atoms with E-state index in [1.54, 1.807) is 17.9 Å². The molecule has 2 N–H and O–H groups in total. The van der Waals surface area contributed by atoms with E-state index in [4.69, 9.17) is 0 Å². The number of anilines is 1. The van der Waals surface area contributed by atoms with Gasteiger partial charge in [-0.05, 0) is 51.0 Å². The zero-order chi connectivity index (χ0) is 13.6. The summed E-state index contributed by atoms with van der Waals surface area (Å²) in [5.41, 5.74) is 2.63. The van der Waals surface area contributed by atoms with E-state index in [-0.39, 0.29) is 11.9 Å². The minimum Gasteiger partial charge on any atom is -0.324 e. The fraction of sp³-hybridized carbons (Fsp3) is 0.167. The number of nitrogens with zero attached hydrogens (tertiary/aromatic N) is 2. The Hall–Kier alpha value is -1.18. The summed E-state index contributed by atoms with van der Waals surface area (Å²) in [6.07, 6.45) is 3.58. The van der Waals surface area contributed by atoms with Gasteiger partial charge in [-0.15, -0.1) is 0 Å². The van der Waals surface area contributed by atoms with Crippen molar-refractivity contribution in [2.45, 2.75) is 6.04 Å². The van der Waals surface area contributed by atoms with Gasteiger partial charge in [0.05, 0.1) is 16.4 Å². The lowest BCUT2D eigenvalue weighted by molar-refractivity contribution is -0.117. The summed E-state index contributed by atoms with van der Waals surface area (Å²) >= 11 is 6.90. The van der Waals surface area contributed by atoms with Gasteiger partial charge >= 0.3 is 0 Å². The number of nitrogens with one attached hydrogen (secondary N) is 2. The predicted molar refractivity (Wildman–Crippen MR) is 79.4 cm³/mol. The molecule has 1 aromatic heterocycles. The molecule has 0 fully saturated rings. The Morgan fingerprint density at radius 3 is 2.84 bits per heavy atom. The van der Waals surface area contributed by atoms with Crippen LogP contribution >= 0.6 is 31.9 Å². The smallest absolute Gasteiger partial charge is 0.246 e. The van der Waals surface area contributed by atoms with Crippen molar-refractivity contribution in [2.75, 3.05) is 12.4 Å². The molecule has 0 spiro atoms. The van der Waals surface area contributed by atoms with Crippen LogP contribution in [0.5, 0.6) is 0 Å². The number of carbonyl (C=O) groups excluding carboxylic acids is 1. The Morgan fingerprint density at radius 2 is 2.21 bits per heavy atom. The molecule has 1 unspecified atom stereocenters. The van der Waals surface area contributed by atoms with Crippen molar-refractivity contribution in [3.05, 3.63) is 39.0 Å². The second-order valence-electron chi connectivity index (χ2n) is 4.20. The lowest BCUT2D eigenvalue weighted by Gasteiger charge is -2.10. The molecule has 1 aromatic carbocycles. The van der Waals surface area contributed by atoms with Crippen molar-refractivity contribution in [1.29, 1.82) is 0 Å². The molecule has 0 aliphatic carbocycles. The highest BCUT2D eigenvalue weighted by atomic mass is 79.9. The third kappa shape index (κ3) is 2.11. The van der Waals surface area contributed by atoms with Crippen molar-refractivity contribution >= 4 is 43.5 Å². The van der Waals surface area contributed by atoms with Gasteiger partial charge in [0, 0.05) is 21.9 Å². The number of rotatable bonds is 2. The van der Waals surface area contributed by atoms with Crippen LogP contribution in [0.25, 0.3) is 5.69 Å². The van der Waals surface area contributed by atoms with Crippen LogP contribution in [0.2, 0.25) is 0 Å². The van der Waals surface area contributed by atoms with E-state index in [2.05, 4.69) is 47.6 Å². The summed E-state index contributed by atoms with van der Waals surface area (Å²) in [6.45, 7) is 0. The summed E-state index contributed by atoms with van der Waals surface area (Å²) in [5, 5.41) is 10.1. The van der Waals surface area contributed by atoms with Crippen molar-refractivity contribution in [3.8, 4) is 5.69 Å². The Morgan fingerprint density at radius 1 is 1.42 bits per heavy atom. The molecule has 0 bridgehead atoms. The summed E-state index contributed by atoms with van der Waals surface area (Å²) < 4.78 is 3.53. The van der Waals surface area contributed by atoms with Crippen LogP contribution in [0.4, 0.5) is 5.69 Å². The number of likely N-dealkylation sites (N-methyl/N-ethyl adjacent to an activating group) is 1. The van der Waals surface area contributed by atoms with E-state index in [0.717, 1.165) is 25.9 Å². The summed E-state index contributed by atoms with van der Waals surface area (Å²) in [4.78, 5) is 11.8. The van der Waals surface area contributed by atoms with Crippen LogP contribution in [0, 0.1) is 0 Å². The average molecular weight is 386 g/mol. The fourth-order valence-corrected chi connectivity index (χ4v) is 2.99. The first-order valence-corrected chi connectivity index (χ1v) is 7.21. The highest BCUT2D eigenvalue weighted by Crippen LogP contribution is 2.36. The van der Waals surface area contributed by atoms with Gasteiger partial charge in [0.25, 0.3) is 0 Å². The molecule has 1 amide bonds. The maximum Gasteiger partial charge on any atom is 0.246 e. The summed E-state index contributed by atoms with van der Waals surface area (Å²) in [5.74, 6) is -0.0387. The zero-order valence-electron chi connectivity index (χ0n) is 9.95. The first kappa shape index (κ1) is 12.8. The van der Waals surface area contributed by atoms with Crippen LogP contribution in [0.15, 0.2) is 33.5 Å². The monoisotopic (exact) mass is 384 g/mol. The van der Waals surface area contributed by atoms with Crippen LogP contribution < -0.4 is 10.6 Å². The Bertz CT molecular complexity index is 668. The number of benzene rings is 1.